The number of carbonyl (C=O) groups is 5. The summed E-state index contributed by atoms with van der Waals surface area (Å²) < 4.78 is 17.5. The van der Waals surface area contributed by atoms with E-state index in [1.165, 1.54) is 44.4 Å². The Morgan fingerprint density at radius 2 is 1.69 bits per heavy atom. The molecule has 0 unspecified atom stereocenters. The number of ether oxygens (including phenoxy) is 3. The summed E-state index contributed by atoms with van der Waals surface area (Å²) in [5.41, 5.74) is 6.25. The molecule has 1 saturated heterocycles. The summed E-state index contributed by atoms with van der Waals surface area (Å²) in [5, 5.41) is 50.3. The average molecular weight is 755 g/mol. The zero-order chi connectivity index (χ0) is 39.5. The number of nitrogens with one attached hydrogen (secondary N) is 1. The molecule has 286 valence electrons. The van der Waals surface area contributed by atoms with E-state index in [0.717, 1.165) is 17.1 Å². The molecule has 2 aliphatic carbocycles. The van der Waals surface area contributed by atoms with Gasteiger partial charge in [0.1, 0.15) is 22.8 Å². The van der Waals surface area contributed by atoms with Crippen molar-refractivity contribution < 1.29 is 58.6 Å². The predicted octanol–water partition coefficient (Wildman–Crippen LogP) is 1.60. The molecule has 0 spiro atoms. The van der Waals surface area contributed by atoms with Crippen molar-refractivity contribution in [2.45, 2.75) is 75.8 Å². The molecular weight excluding hydrogens is 716 g/mol. The number of aliphatic hydroxyl groups is 2. The lowest BCUT2D eigenvalue weighted by Crippen LogP contribution is -2.52. The molecule has 0 saturated carbocycles. The fourth-order valence-electron chi connectivity index (χ4n) is 7.56. The van der Waals surface area contributed by atoms with Crippen molar-refractivity contribution in [2.75, 3.05) is 12.0 Å². The summed E-state index contributed by atoms with van der Waals surface area (Å²) in [6, 6.07) is 9.87. The third-order valence-corrected chi connectivity index (χ3v) is 10.5. The van der Waals surface area contributed by atoms with Gasteiger partial charge >= 0.3 is 0 Å². The Kier molecular flexibility index (Phi) is 9.64. The van der Waals surface area contributed by atoms with Gasteiger partial charge < -0.3 is 40.4 Å². The molecule has 6 atom stereocenters. The summed E-state index contributed by atoms with van der Waals surface area (Å²) >= 11 is 0. The molecule has 2 heterocycles. The topological polar surface area (TPSA) is 248 Å². The van der Waals surface area contributed by atoms with Crippen LogP contribution in [0.2, 0.25) is 0 Å². The van der Waals surface area contributed by atoms with E-state index >= 15 is 0 Å². The highest BCUT2D eigenvalue weighted by atomic mass is 16.7. The Balaban J connectivity index is 1.20. The number of hydrazone groups is 1. The SMILES string of the molecule is COc1cccc2c1C(=O)c1c(O)c3c(c(O)c1C2=O)C[C@@](O)(/C(C)=N\NC(=O)Cc1ccc(N2C(=O)C=CC2=O)cc1)C[C@@H]3O[C@H]1C[C@H](N)[C@H](O)[C@H](C)O1. The maximum absolute atomic E-state index is 14.0. The molecule has 16 heteroatoms. The van der Waals surface area contributed by atoms with Crippen LogP contribution in [0.15, 0.2) is 59.7 Å². The molecule has 7 N–H and O–H groups in total. The molecule has 0 radical (unpaired) electrons. The van der Waals surface area contributed by atoms with E-state index in [-0.39, 0.29) is 53.0 Å². The van der Waals surface area contributed by atoms with Crippen molar-refractivity contribution >= 4 is 40.7 Å². The maximum atomic E-state index is 14.0. The number of phenols is 2. The van der Waals surface area contributed by atoms with Gasteiger partial charge in [-0.15, -0.1) is 0 Å². The van der Waals surface area contributed by atoms with E-state index in [1.807, 2.05) is 0 Å². The van der Waals surface area contributed by atoms with Crippen LogP contribution in [0, 0.1) is 0 Å². The first-order valence-corrected chi connectivity index (χ1v) is 17.5. The lowest BCUT2D eigenvalue weighted by molar-refractivity contribution is -0.245. The van der Waals surface area contributed by atoms with Crippen LogP contribution in [-0.4, -0.2) is 92.7 Å². The van der Waals surface area contributed by atoms with Crippen molar-refractivity contribution in [2.24, 2.45) is 10.8 Å². The predicted molar refractivity (Wildman–Crippen MR) is 193 cm³/mol. The highest BCUT2D eigenvalue weighted by Crippen LogP contribution is 2.52. The summed E-state index contributed by atoms with van der Waals surface area (Å²) in [7, 11) is 1.33. The van der Waals surface area contributed by atoms with Crippen LogP contribution in [0.3, 0.4) is 0 Å². The van der Waals surface area contributed by atoms with Gasteiger partial charge in [0.15, 0.2) is 12.1 Å². The average Bonchev–Trinajstić information content (AvgIpc) is 3.49. The molecule has 1 fully saturated rings. The second-order valence-corrected chi connectivity index (χ2v) is 14.0. The van der Waals surface area contributed by atoms with Crippen LogP contribution >= 0.6 is 0 Å². The number of methoxy groups -OCH3 is 1. The smallest absolute Gasteiger partial charge is 0.258 e. The fourth-order valence-corrected chi connectivity index (χ4v) is 7.56. The first-order chi connectivity index (χ1) is 26.1. The summed E-state index contributed by atoms with van der Waals surface area (Å²) in [6.45, 7) is 3.04. The Morgan fingerprint density at radius 1 is 1.02 bits per heavy atom. The van der Waals surface area contributed by atoms with E-state index in [4.69, 9.17) is 19.9 Å². The van der Waals surface area contributed by atoms with E-state index in [2.05, 4.69) is 10.5 Å². The normalized spacial score (nSPS) is 26.1. The van der Waals surface area contributed by atoms with Crippen LogP contribution in [0.25, 0.3) is 0 Å². The molecule has 3 aromatic carbocycles. The Hall–Kier alpha value is -5.78. The highest BCUT2D eigenvalue weighted by Gasteiger charge is 2.49. The minimum atomic E-state index is -1.96. The van der Waals surface area contributed by atoms with Gasteiger partial charge in [-0.25, -0.2) is 10.3 Å². The largest absolute Gasteiger partial charge is 0.507 e. The second-order valence-electron chi connectivity index (χ2n) is 14.0. The molecule has 2 aliphatic heterocycles. The molecule has 4 aliphatic rings. The van der Waals surface area contributed by atoms with Crippen LogP contribution in [0.1, 0.15) is 81.3 Å². The number of fused-ring (bicyclic) bond motifs is 3. The molecule has 0 bridgehead atoms. The summed E-state index contributed by atoms with van der Waals surface area (Å²) in [4.78, 5) is 65.8. The first kappa shape index (κ1) is 37.5. The first-order valence-electron chi connectivity index (χ1n) is 17.5. The van der Waals surface area contributed by atoms with Crippen molar-refractivity contribution in [1.82, 2.24) is 5.43 Å². The monoisotopic (exact) mass is 754 g/mol. The molecule has 16 nitrogen and oxygen atoms in total. The summed E-state index contributed by atoms with van der Waals surface area (Å²) in [6.07, 6.45) is -2.66. The van der Waals surface area contributed by atoms with Crippen molar-refractivity contribution in [3.05, 3.63) is 93.6 Å². The number of nitrogens with two attached hydrogens (primary N) is 1. The minimum Gasteiger partial charge on any atom is -0.507 e. The lowest BCUT2D eigenvalue weighted by atomic mass is 9.72. The molecule has 3 aromatic rings. The number of amides is 3. The van der Waals surface area contributed by atoms with Gasteiger partial charge in [0, 0.05) is 54.1 Å². The molecule has 0 aromatic heterocycles. The number of hydrogen-bond donors (Lipinski definition) is 6. The zero-order valence-corrected chi connectivity index (χ0v) is 29.9. The lowest BCUT2D eigenvalue weighted by Gasteiger charge is -2.42. The number of rotatable bonds is 8. The Morgan fingerprint density at radius 3 is 2.35 bits per heavy atom. The van der Waals surface area contributed by atoms with Gasteiger partial charge in [0.25, 0.3) is 11.8 Å². The van der Waals surface area contributed by atoms with E-state index in [9.17, 15) is 44.4 Å². The van der Waals surface area contributed by atoms with E-state index < -0.39 is 94.6 Å². The van der Waals surface area contributed by atoms with Gasteiger partial charge in [-0.1, -0.05) is 24.3 Å². The van der Waals surface area contributed by atoms with Crippen molar-refractivity contribution in [1.29, 1.82) is 0 Å². The van der Waals surface area contributed by atoms with Gasteiger partial charge in [0.05, 0.1) is 59.9 Å². The Bertz CT molecular complexity index is 2190. The number of carbonyl (C=O) groups excluding carboxylic acids is 5. The van der Waals surface area contributed by atoms with Crippen molar-refractivity contribution in [3.8, 4) is 17.2 Å². The maximum Gasteiger partial charge on any atom is 0.258 e. The number of imide groups is 1. The molecule has 3 amide bonds. The molecule has 7 rings (SSSR count). The zero-order valence-electron chi connectivity index (χ0n) is 29.9. The van der Waals surface area contributed by atoms with E-state index in [1.54, 1.807) is 19.1 Å². The number of hydrogen-bond acceptors (Lipinski definition) is 14. The fraction of sp³-hybridized carbons (Fsp3) is 0.333. The van der Waals surface area contributed by atoms with Gasteiger partial charge in [-0.3, -0.25) is 24.0 Å². The van der Waals surface area contributed by atoms with Gasteiger partial charge in [-0.05, 0) is 37.6 Å². The van der Waals surface area contributed by atoms with Gasteiger partial charge in [0.2, 0.25) is 11.7 Å². The van der Waals surface area contributed by atoms with Crippen LogP contribution < -0.4 is 20.8 Å². The number of nitrogens with zero attached hydrogens (tertiary/aromatic N) is 2. The quantitative estimate of drug-likeness (QED) is 0.0649. The van der Waals surface area contributed by atoms with Crippen LogP contribution in [-0.2, 0) is 36.7 Å². The van der Waals surface area contributed by atoms with Crippen LogP contribution in [0.5, 0.6) is 17.2 Å². The van der Waals surface area contributed by atoms with E-state index in [0.29, 0.717) is 11.3 Å². The Labute approximate surface area is 313 Å². The number of anilines is 1. The third-order valence-electron chi connectivity index (χ3n) is 10.5. The molecule has 55 heavy (non-hydrogen) atoms. The van der Waals surface area contributed by atoms with Crippen LogP contribution in [0.4, 0.5) is 5.69 Å². The molecular formula is C39H38N4O12. The third kappa shape index (κ3) is 6.47. The standard InChI is InChI=1S/C39H38N4O12/c1-17-34(47)23(40)14-29(54-17)55-25-16-39(52,18(2)41-42-26(44)13-19-7-9-20(10-8-19)43-27(45)11-12-28(43)46)15-22-31(25)38(51)33-32(36(22)49)35(48)21-5-4-6-24(53-3)30(21)37(33)50/h4-12,17,23,25,29,34,47,49,51-52H,13-16,40H2,1-3H3,(H,42,44)/b41-18-/t17-,23-,25-,29-,34+,39-/m0/s1. The minimum absolute atomic E-state index is 0.0150. The van der Waals surface area contributed by atoms with Crippen molar-refractivity contribution in [3.63, 3.8) is 0 Å². The number of aliphatic hydroxyl groups excluding tert-OH is 1. The number of benzene rings is 3. The number of phenolic OH excluding ortho intramolecular Hbond substituents is 2. The van der Waals surface area contributed by atoms with Gasteiger partial charge in [-0.2, -0.15) is 5.10 Å². The number of ketones is 2. The highest BCUT2D eigenvalue weighted by molar-refractivity contribution is 6.31. The second kappa shape index (κ2) is 14.1. The number of aromatic hydroxyl groups is 2. The summed E-state index contributed by atoms with van der Waals surface area (Å²) in [5.74, 6) is -4.24.